The highest BCUT2D eigenvalue weighted by atomic mass is 16.3. The zero-order valence-corrected chi connectivity index (χ0v) is 24.7. The molecule has 0 radical (unpaired) electrons. The summed E-state index contributed by atoms with van der Waals surface area (Å²) >= 11 is 0. The summed E-state index contributed by atoms with van der Waals surface area (Å²) < 4.78 is 0. The number of aromatic nitrogens is 4. The predicted molar refractivity (Wildman–Crippen MR) is 158 cm³/mol. The van der Waals surface area contributed by atoms with Gasteiger partial charge in [-0.25, -0.2) is 5.10 Å². The Balaban J connectivity index is 1.24. The van der Waals surface area contributed by atoms with Crippen LogP contribution in [0.1, 0.15) is 81.5 Å². The molecule has 3 fully saturated rings. The molecule has 2 atom stereocenters. The number of nitrogens with zero attached hydrogens (tertiary/aromatic N) is 7. The van der Waals surface area contributed by atoms with Crippen molar-refractivity contribution in [3.8, 4) is 5.75 Å². The summed E-state index contributed by atoms with van der Waals surface area (Å²) in [5, 5.41) is 30.3. The van der Waals surface area contributed by atoms with E-state index in [1.807, 2.05) is 31.1 Å². The van der Waals surface area contributed by atoms with Gasteiger partial charge in [-0.2, -0.15) is 5.10 Å². The Morgan fingerprint density at radius 1 is 1.05 bits per heavy atom. The van der Waals surface area contributed by atoms with Gasteiger partial charge in [-0.1, -0.05) is 18.6 Å². The molecule has 0 bridgehead atoms. The third-order valence-corrected chi connectivity index (χ3v) is 9.33. The monoisotopic (exact) mass is 575 g/mol. The number of likely N-dealkylation sites (tertiary alicyclic amines) is 1. The first-order chi connectivity index (χ1) is 20.3. The number of hydrogen-bond donors (Lipinski definition) is 3. The predicted octanol–water partition coefficient (Wildman–Crippen LogP) is 2.99. The minimum absolute atomic E-state index is 0.127. The van der Waals surface area contributed by atoms with Gasteiger partial charge in [0.2, 0.25) is 0 Å². The molecule has 6 rings (SSSR count). The minimum Gasteiger partial charge on any atom is -0.505 e. The lowest BCUT2D eigenvalue weighted by molar-refractivity contribution is -0.142. The van der Waals surface area contributed by atoms with E-state index < -0.39 is 0 Å². The summed E-state index contributed by atoms with van der Waals surface area (Å²) in [4.78, 5) is 33.4. The summed E-state index contributed by atoms with van der Waals surface area (Å²) in [5.41, 5.74) is 5.63. The number of phenols is 1. The molecule has 2 aromatic rings. The third-order valence-electron chi connectivity index (χ3n) is 9.33. The second-order valence-electron chi connectivity index (χ2n) is 12.5. The van der Waals surface area contributed by atoms with Crippen LogP contribution in [0, 0.1) is 0 Å². The van der Waals surface area contributed by atoms with E-state index in [0.29, 0.717) is 29.4 Å². The Bertz CT molecular complexity index is 1370. The van der Waals surface area contributed by atoms with Crippen LogP contribution in [0.2, 0.25) is 0 Å². The van der Waals surface area contributed by atoms with E-state index in [1.54, 1.807) is 13.0 Å². The molecule has 3 N–H and O–H groups in total. The molecule has 1 saturated heterocycles. The molecule has 12 nitrogen and oxygen atoms in total. The van der Waals surface area contributed by atoms with E-state index in [9.17, 15) is 14.7 Å². The van der Waals surface area contributed by atoms with E-state index in [2.05, 4.69) is 36.1 Å². The number of hydrogen-bond acceptors (Lipinski definition) is 10. The zero-order valence-electron chi connectivity index (χ0n) is 24.7. The second-order valence-corrected chi connectivity index (χ2v) is 12.5. The van der Waals surface area contributed by atoms with Crippen LogP contribution in [0.4, 0.5) is 5.69 Å². The number of anilines is 1. The Labute approximate surface area is 246 Å². The highest BCUT2D eigenvalue weighted by molar-refractivity contribution is 6.50. The number of likely N-dealkylation sites (N-methyl/N-ethyl adjacent to an activating group) is 1. The summed E-state index contributed by atoms with van der Waals surface area (Å²) in [5.74, 6) is 0.670. The average molecular weight is 576 g/mol. The normalized spacial score (nSPS) is 25.6. The molecule has 2 aliphatic heterocycles. The van der Waals surface area contributed by atoms with E-state index in [4.69, 9.17) is 0 Å². The van der Waals surface area contributed by atoms with Crippen molar-refractivity contribution in [3.63, 3.8) is 0 Å². The van der Waals surface area contributed by atoms with Crippen molar-refractivity contribution in [2.24, 2.45) is 5.10 Å². The summed E-state index contributed by atoms with van der Waals surface area (Å²) in [6, 6.07) is 6.12. The summed E-state index contributed by atoms with van der Waals surface area (Å²) in [6.07, 6.45) is 7.83. The number of aromatic hydroxyl groups is 1. The van der Waals surface area contributed by atoms with Crippen molar-refractivity contribution in [3.05, 3.63) is 40.7 Å². The number of hydrazone groups is 1. The fourth-order valence-electron chi connectivity index (χ4n) is 6.89. The van der Waals surface area contributed by atoms with Crippen LogP contribution in [0.15, 0.2) is 34.4 Å². The zero-order chi connectivity index (χ0) is 29.4. The lowest BCUT2D eigenvalue weighted by Gasteiger charge is -2.40. The number of nitrogens with one attached hydrogen (secondary N) is 2. The molecular formula is C30H41N9O3. The molecule has 224 valence electrons. The van der Waals surface area contributed by atoms with Crippen LogP contribution in [-0.4, -0.2) is 104 Å². The van der Waals surface area contributed by atoms with Crippen LogP contribution in [0.5, 0.6) is 5.75 Å². The second kappa shape index (κ2) is 11.9. The van der Waals surface area contributed by atoms with Crippen LogP contribution in [-0.2, 0) is 9.59 Å². The van der Waals surface area contributed by atoms with Gasteiger partial charge in [0.05, 0.1) is 5.69 Å². The molecule has 4 aliphatic rings. The van der Waals surface area contributed by atoms with Gasteiger partial charge in [0, 0.05) is 43.2 Å². The van der Waals surface area contributed by atoms with Crippen molar-refractivity contribution < 1.29 is 14.7 Å². The largest absolute Gasteiger partial charge is 0.505 e. The molecule has 0 spiro atoms. The van der Waals surface area contributed by atoms with Gasteiger partial charge in [-0.3, -0.25) is 19.9 Å². The number of amides is 2. The Hall–Kier alpha value is -3.64. The van der Waals surface area contributed by atoms with Crippen molar-refractivity contribution in [2.75, 3.05) is 39.2 Å². The van der Waals surface area contributed by atoms with Gasteiger partial charge < -0.3 is 14.9 Å². The number of tetrazole rings is 1. The first kappa shape index (κ1) is 28.5. The van der Waals surface area contributed by atoms with Gasteiger partial charge in [0.25, 0.3) is 11.8 Å². The van der Waals surface area contributed by atoms with E-state index in [-0.39, 0.29) is 41.2 Å². The number of aromatic amines is 1. The van der Waals surface area contributed by atoms with E-state index >= 15 is 0 Å². The van der Waals surface area contributed by atoms with Crippen molar-refractivity contribution in [1.29, 1.82) is 0 Å². The fourth-order valence-corrected chi connectivity index (χ4v) is 6.89. The SMILES string of the molecule is CC1=C(CN(C)C)C(=O)N(C2CCN(C3CC3)CC2)C(=O)C1=NNc1cccc(C2CCCC(c3nnn[nH]3)C2)c1O. The standard InChI is InChI=1S/C30H41N9O3/c1-18-24(17-37(2)3)29(41)39(22-12-14-38(15-13-22)21-10-11-21)30(42)26(18)32-31-25-9-5-8-23(27(25)40)19-6-4-7-20(16-19)28-33-35-36-34-28/h5,8-9,19-22,31,40H,4,6-7,10-17H2,1-3H3,(H,33,34,35,36). The smallest absolute Gasteiger partial charge is 0.281 e. The minimum atomic E-state index is -0.371. The van der Waals surface area contributed by atoms with Crippen molar-refractivity contribution in [2.45, 2.75) is 82.2 Å². The van der Waals surface area contributed by atoms with Gasteiger partial charge in [-0.15, -0.1) is 5.10 Å². The molecule has 3 heterocycles. The maximum Gasteiger partial charge on any atom is 0.281 e. The summed E-state index contributed by atoms with van der Waals surface area (Å²) in [7, 11) is 3.82. The first-order valence-electron chi connectivity index (χ1n) is 15.2. The third kappa shape index (κ3) is 5.69. The summed E-state index contributed by atoms with van der Waals surface area (Å²) in [6.45, 7) is 4.01. The number of imide groups is 1. The quantitative estimate of drug-likeness (QED) is 0.246. The Morgan fingerprint density at radius 2 is 1.81 bits per heavy atom. The van der Waals surface area contributed by atoms with Crippen LogP contribution in [0.3, 0.4) is 0 Å². The molecule has 1 aromatic heterocycles. The van der Waals surface area contributed by atoms with Crippen LogP contribution >= 0.6 is 0 Å². The first-order valence-corrected chi connectivity index (χ1v) is 15.2. The van der Waals surface area contributed by atoms with Crippen LogP contribution in [0.25, 0.3) is 0 Å². The van der Waals surface area contributed by atoms with Crippen LogP contribution < -0.4 is 5.43 Å². The van der Waals surface area contributed by atoms with E-state index in [0.717, 1.165) is 63.0 Å². The van der Waals surface area contributed by atoms with E-state index in [1.165, 1.54) is 17.7 Å². The maximum atomic E-state index is 13.9. The number of carbonyl (C=O) groups excluding carboxylic acids is 2. The fraction of sp³-hybridized carbons (Fsp3) is 0.600. The van der Waals surface area contributed by atoms with Gasteiger partial charge >= 0.3 is 0 Å². The molecule has 2 unspecified atom stereocenters. The van der Waals surface area contributed by atoms with Gasteiger partial charge in [0.1, 0.15) is 5.75 Å². The average Bonchev–Trinajstić information content (AvgIpc) is 3.69. The number of piperidine rings is 1. The molecule has 2 aliphatic carbocycles. The number of H-pyrrole nitrogens is 1. The van der Waals surface area contributed by atoms with Gasteiger partial charge in [-0.05, 0) is 99.5 Å². The lowest BCUT2D eigenvalue weighted by atomic mass is 9.77. The molecular weight excluding hydrogens is 534 g/mol. The number of para-hydroxylation sites is 1. The molecule has 12 heteroatoms. The molecule has 2 amide bonds. The number of phenolic OH excluding ortho intramolecular Hbond substituents is 1. The Morgan fingerprint density at radius 3 is 2.50 bits per heavy atom. The topological polar surface area (TPSA) is 143 Å². The Kier molecular flexibility index (Phi) is 8.09. The highest BCUT2D eigenvalue weighted by Gasteiger charge is 2.43. The van der Waals surface area contributed by atoms with Crippen molar-refractivity contribution in [1.82, 2.24) is 35.3 Å². The maximum absolute atomic E-state index is 13.9. The lowest BCUT2D eigenvalue weighted by Crippen LogP contribution is -2.56. The molecule has 1 aromatic carbocycles. The number of benzene rings is 1. The number of rotatable bonds is 8. The number of carbonyl (C=O) groups is 2. The molecule has 2 saturated carbocycles. The van der Waals surface area contributed by atoms with Crippen molar-refractivity contribution >= 4 is 23.2 Å². The molecule has 42 heavy (non-hydrogen) atoms. The van der Waals surface area contributed by atoms with Gasteiger partial charge in [0.15, 0.2) is 11.5 Å². The highest BCUT2D eigenvalue weighted by Crippen LogP contribution is 2.44.